The number of carbonyl (C=O) groups excluding carboxylic acids is 1. The Labute approximate surface area is 165 Å². The lowest BCUT2D eigenvalue weighted by Gasteiger charge is -2.26. The van der Waals surface area contributed by atoms with Crippen LogP contribution in [0.4, 0.5) is 0 Å². The summed E-state index contributed by atoms with van der Waals surface area (Å²) in [5.41, 5.74) is 2.75. The predicted octanol–water partition coefficient (Wildman–Crippen LogP) is 2.82. The van der Waals surface area contributed by atoms with Crippen LogP contribution < -0.4 is 19.5 Å². The Kier molecular flexibility index (Phi) is 6.55. The Morgan fingerprint density at radius 1 is 0.929 bits per heavy atom. The van der Waals surface area contributed by atoms with Crippen molar-refractivity contribution in [2.24, 2.45) is 0 Å². The molecule has 0 atom stereocenters. The number of nitrogens with one attached hydrogen (secondary N) is 1. The Morgan fingerprint density at radius 2 is 1.64 bits per heavy atom. The van der Waals surface area contributed by atoms with Crippen molar-refractivity contribution in [3.8, 4) is 28.4 Å². The van der Waals surface area contributed by atoms with Crippen LogP contribution in [-0.2, 0) is 4.79 Å². The first kappa shape index (κ1) is 19.8. The first-order valence-electron chi connectivity index (χ1n) is 9.25. The number of amides is 1. The number of nitrogens with zero attached hydrogens (tertiary/aromatic N) is 1. The minimum absolute atomic E-state index is 0.0237. The highest BCUT2D eigenvalue weighted by molar-refractivity contribution is 5.93. The third-order valence-corrected chi connectivity index (χ3v) is 4.79. The van der Waals surface area contributed by atoms with E-state index < -0.39 is 0 Å². The van der Waals surface area contributed by atoms with Crippen molar-refractivity contribution >= 4 is 12.0 Å². The van der Waals surface area contributed by atoms with Gasteiger partial charge >= 0.3 is 0 Å². The Morgan fingerprint density at radius 3 is 2.32 bits per heavy atom. The molecule has 0 aliphatic carbocycles. The van der Waals surface area contributed by atoms with Gasteiger partial charge in [0.1, 0.15) is 0 Å². The van der Waals surface area contributed by atoms with Crippen molar-refractivity contribution in [3.05, 3.63) is 48.0 Å². The number of hydrogen-bond acceptors (Lipinski definition) is 5. The average Bonchev–Trinajstić information content (AvgIpc) is 2.77. The molecule has 3 rings (SSSR count). The van der Waals surface area contributed by atoms with Crippen molar-refractivity contribution < 1.29 is 19.0 Å². The largest absolute Gasteiger partial charge is 0.493 e. The molecule has 0 radical (unpaired) electrons. The van der Waals surface area contributed by atoms with Gasteiger partial charge in [0.05, 0.1) is 21.3 Å². The molecule has 6 heteroatoms. The van der Waals surface area contributed by atoms with E-state index in [0.717, 1.165) is 42.9 Å². The summed E-state index contributed by atoms with van der Waals surface area (Å²) in [6.07, 6.45) is 3.49. The summed E-state index contributed by atoms with van der Waals surface area (Å²) in [5.74, 6) is 1.76. The molecule has 1 saturated heterocycles. The Balaban J connectivity index is 1.96. The third-order valence-electron chi connectivity index (χ3n) is 4.79. The molecule has 28 heavy (non-hydrogen) atoms. The van der Waals surface area contributed by atoms with Gasteiger partial charge in [-0.3, -0.25) is 4.79 Å². The van der Waals surface area contributed by atoms with Crippen LogP contribution in [0.2, 0.25) is 0 Å². The monoisotopic (exact) mass is 382 g/mol. The van der Waals surface area contributed by atoms with E-state index in [9.17, 15) is 4.79 Å². The molecule has 1 aliphatic rings. The molecular formula is C22H26N2O4. The summed E-state index contributed by atoms with van der Waals surface area (Å²) < 4.78 is 16.5. The van der Waals surface area contributed by atoms with Crippen molar-refractivity contribution in [3.63, 3.8) is 0 Å². The number of piperazine rings is 1. The summed E-state index contributed by atoms with van der Waals surface area (Å²) >= 11 is 0. The molecule has 0 spiro atoms. The second-order valence-corrected chi connectivity index (χ2v) is 6.38. The zero-order chi connectivity index (χ0) is 19.9. The lowest BCUT2D eigenvalue weighted by molar-refractivity contribution is -0.126. The highest BCUT2D eigenvalue weighted by Gasteiger charge is 2.18. The first-order valence-corrected chi connectivity index (χ1v) is 9.25. The van der Waals surface area contributed by atoms with Crippen LogP contribution in [0.5, 0.6) is 17.2 Å². The molecule has 2 aromatic rings. The number of hydrogen-bond donors (Lipinski definition) is 1. The van der Waals surface area contributed by atoms with E-state index in [1.807, 2.05) is 47.4 Å². The smallest absolute Gasteiger partial charge is 0.246 e. The van der Waals surface area contributed by atoms with Gasteiger partial charge in [-0.05, 0) is 29.3 Å². The van der Waals surface area contributed by atoms with Gasteiger partial charge in [0.2, 0.25) is 11.7 Å². The lowest BCUT2D eigenvalue weighted by Crippen LogP contribution is -2.45. The number of benzene rings is 2. The molecule has 1 aliphatic heterocycles. The maximum atomic E-state index is 12.5. The molecule has 1 fully saturated rings. The van der Waals surface area contributed by atoms with Crippen molar-refractivity contribution in [1.29, 1.82) is 0 Å². The molecule has 1 amide bonds. The SMILES string of the molecule is COc1ccc(-c2ccccc2C=CC(=O)N2CCNCC2)c(OC)c1OC. The first-order chi connectivity index (χ1) is 13.7. The van der Waals surface area contributed by atoms with E-state index >= 15 is 0 Å². The number of rotatable bonds is 6. The maximum absolute atomic E-state index is 12.5. The van der Waals surface area contributed by atoms with Crippen LogP contribution in [0.3, 0.4) is 0 Å². The Bertz CT molecular complexity index is 858. The summed E-state index contributed by atoms with van der Waals surface area (Å²) in [6, 6.07) is 11.7. The van der Waals surface area contributed by atoms with Crippen LogP contribution in [0, 0.1) is 0 Å². The molecule has 148 valence electrons. The van der Waals surface area contributed by atoms with Gasteiger partial charge in [-0.2, -0.15) is 0 Å². The van der Waals surface area contributed by atoms with Crippen molar-refractivity contribution in [1.82, 2.24) is 10.2 Å². The minimum atomic E-state index is 0.0237. The molecule has 0 bridgehead atoms. The fraction of sp³-hybridized carbons (Fsp3) is 0.318. The summed E-state index contributed by atoms with van der Waals surface area (Å²) in [7, 11) is 4.78. The van der Waals surface area contributed by atoms with E-state index in [0.29, 0.717) is 17.2 Å². The van der Waals surface area contributed by atoms with E-state index in [2.05, 4.69) is 5.32 Å². The van der Waals surface area contributed by atoms with E-state index in [-0.39, 0.29) is 5.91 Å². The highest BCUT2D eigenvalue weighted by atomic mass is 16.5. The molecule has 1 heterocycles. The topological polar surface area (TPSA) is 60.0 Å². The lowest BCUT2D eigenvalue weighted by atomic mass is 9.97. The summed E-state index contributed by atoms with van der Waals surface area (Å²) in [4.78, 5) is 14.3. The highest BCUT2D eigenvalue weighted by Crippen LogP contribution is 2.45. The van der Waals surface area contributed by atoms with Gasteiger partial charge in [-0.25, -0.2) is 0 Å². The van der Waals surface area contributed by atoms with Crippen molar-refractivity contribution in [2.45, 2.75) is 0 Å². The standard InChI is InChI=1S/C22H26N2O4/c1-26-19-10-9-18(21(27-2)22(19)28-3)17-7-5-4-6-16(17)8-11-20(25)24-14-12-23-13-15-24/h4-11,23H,12-15H2,1-3H3. The van der Waals surface area contributed by atoms with Crippen LogP contribution in [0.15, 0.2) is 42.5 Å². The second-order valence-electron chi connectivity index (χ2n) is 6.38. The fourth-order valence-corrected chi connectivity index (χ4v) is 3.35. The van der Waals surface area contributed by atoms with Gasteiger partial charge in [-0.15, -0.1) is 0 Å². The molecule has 2 aromatic carbocycles. The number of ether oxygens (including phenoxy) is 3. The van der Waals surface area contributed by atoms with Gasteiger partial charge in [0.25, 0.3) is 0 Å². The summed E-state index contributed by atoms with van der Waals surface area (Å²) in [6.45, 7) is 3.13. The fourth-order valence-electron chi connectivity index (χ4n) is 3.35. The summed E-state index contributed by atoms with van der Waals surface area (Å²) in [5, 5.41) is 3.25. The molecule has 6 nitrogen and oxygen atoms in total. The number of carbonyl (C=O) groups is 1. The van der Waals surface area contributed by atoms with Crippen molar-refractivity contribution in [2.75, 3.05) is 47.5 Å². The van der Waals surface area contributed by atoms with Gasteiger partial charge in [-0.1, -0.05) is 24.3 Å². The second kappa shape index (κ2) is 9.28. The van der Waals surface area contributed by atoms with Gasteiger partial charge in [0, 0.05) is 37.8 Å². The quantitative estimate of drug-likeness (QED) is 0.779. The van der Waals surface area contributed by atoms with Crippen LogP contribution >= 0.6 is 0 Å². The molecule has 1 N–H and O–H groups in total. The van der Waals surface area contributed by atoms with E-state index in [1.165, 1.54) is 0 Å². The minimum Gasteiger partial charge on any atom is -0.493 e. The van der Waals surface area contributed by atoms with Crippen LogP contribution in [0.25, 0.3) is 17.2 Å². The molecule has 0 saturated carbocycles. The molecule has 0 aromatic heterocycles. The van der Waals surface area contributed by atoms with Crippen LogP contribution in [0.1, 0.15) is 5.56 Å². The molecule has 0 unspecified atom stereocenters. The van der Waals surface area contributed by atoms with E-state index in [4.69, 9.17) is 14.2 Å². The van der Waals surface area contributed by atoms with E-state index in [1.54, 1.807) is 27.4 Å². The average molecular weight is 382 g/mol. The van der Waals surface area contributed by atoms with Gasteiger partial charge < -0.3 is 24.4 Å². The maximum Gasteiger partial charge on any atom is 0.246 e. The molecular weight excluding hydrogens is 356 g/mol. The third kappa shape index (κ3) is 4.12. The zero-order valence-corrected chi connectivity index (χ0v) is 16.5. The normalized spacial score (nSPS) is 14.2. The number of methoxy groups -OCH3 is 3. The van der Waals surface area contributed by atoms with Gasteiger partial charge in [0.15, 0.2) is 11.5 Å². The Hall–Kier alpha value is -2.99. The zero-order valence-electron chi connectivity index (χ0n) is 16.5. The van der Waals surface area contributed by atoms with Crippen LogP contribution in [-0.4, -0.2) is 58.3 Å². The predicted molar refractivity (Wildman–Crippen MR) is 110 cm³/mol.